The molecular formula is C13H20N2O2. The molecule has 0 aliphatic rings. The van der Waals surface area contributed by atoms with Crippen LogP contribution >= 0.6 is 0 Å². The first kappa shape index (κ1) is 13.7. The van der Waals surface area contributed by atoms with Gasteiger partial charge in [0.15, 0.2) is 0 Å². The van der Waals surface area contributed by atoms with Crippen molar-refractivity contribution in [3.8, 4) is 0 Å². The first-order chi connectivity index (χ1) is 8.08. The zero-order valence-corrected chi connectivity index (χ0v) is 10.6. The summed E-state index contributed by atoms with van der Waals surface area (Å²) in [6, 6.07) is 8.01. The van der Waals surface area contributed by atoms with Gasteiger partial charge in [0.1, 0.15) is 6.10 Å². The summed E-state index contributed by atoms with van der Waals surface area (Å²) in [4.78, 5) is 11.7. The molecule has 0 saturated carbocycles. The quantitative estimate of drug-likeness (QED) is 0.806. The number of hydrogen-bond acceptors (Lipinski definition) is 3. The van der Waals surface area contributed by atoms with E-state index in [1.165, 1.54) is 12.7 Å². The Balaban J connectivity index is 2.62. The van der Waals surface area contributed by atoms with Crippen LogP contribution in [0.3, 0.4) is 0 Å². The molecule has 1 unspecified atom stereocenters. The smallest absolute Gasteiger partial charge is 0.250 e. The third kappa shape index (κ3) is 3.84. The maximum Gasteiger partial charge on any atom is 0.250 e. The molecule has 4 heteroatoms. The lowest BCUT2D eigenvalue weighted by atomic mass is 10.1. The van der Waals surface area contributed by atoms with Gasteiger partial charge in [0, 0.05) is 13.7 Å². The molecule has 4 nitrogen and oxygen atoms in total. The Morgan fingerprint density at radius 3 is 2.47 bits per heavy atom. The van der Waals surface area contributed by atoms with Crippen molar-refractivity contribution in [2.45, 2.75) is 26.0 Å². The molecule has 0 bridgehead atoms. The zero-order chi connectivity index (χ0) is 12.8. The highest BCUT2D eigenvalue weighted by Crippen LogP contribution is 2.13. The number of carbonyl (C=O) groups excluding carboxylic acids is 1. The van der Waals surface area contributed by atoms with Gasteiger partial charge in [0.2, 0.25) is 0 Å². The molecule has 3 N–H and O–H groups in total. The van der Waals surface area contributed by atoms with Crippen LogP contribution in [0.4, 0.5) is 0 Å². The van der Waals surface area contributed by atoms with Gasteiger partial charge in [0.05, 0.1) is 6.04 Å². The van der Waals surface area contributed by atoms with Crippen molar-refractivity contribution in [1.82, 2.24) is 5.32 Å². The van der Waals surface area contributed by atoms with Crippen molar-refractivity contribution >= 4 is 5.91 Å². The molecule has 0 heterocycles. The van der Waals surface area contributed by atoms with E-state index in [4.69, 9.17) is 10.5 Å². The molecule has 0 saturated heterocycles. The van der Waals surface area contributed by atoms with Gasteiger partial charge in [-0.3, -0.25) is 4.79 Å². The third-order valence-corrected chi connectivity index (χ3v) is 2.73. The van der Waals surface area contributed by atoms with Crippen molar-refractivity contribution in [2.75, 3.05) is 13.7 Å². The van der Waals surface area contributed by atoms with Gasteiger partial charge in [-0.15, -0.1) is 0 Å². The lowest BCUT2D eigenvalue weighted by Crippen LogP contribution is -2.41. The van der Waals surface area contributed by atoms with Gasteiger partial charge in [-0.25, -0.2) is 0 Å². The highest BCUT2D eigenvalue weighted by atomic mass is 16.5. The predicted molar refractivity (Wildman–Crippen MR) is 67.6 cm³/mol. The van der Waals surface area contributed by atoms with E-state index in [0.29, 0.717) is 0 Å². The molecule has 2 atom stereocenters. The van der Waals surface area contributed by atoms with Crippen molar-refractivity contribution in [1.29, 1.82) is 0 Å². The second-order valence-corrected chi connectivity index (χ2v) is 4.10. The van der Waals surface area contributed by atoms with E-state index in [9.17, 15) is 4.79 Å². The minimum Gasteiger partial charge on any atom is -0.370 e. The van der Waals surface area contributed by atoms with Gasteiger partial charge in [-0.2, -0.15) is 0 Å². The molecule has 1 aromatic rings. The molecular weight excluding hydrogens is 216 g/mol. The summed E-state index contributed by atoms with van der Waals surface area (Å²) in [7, 11) is 1.48. The van der Waals surface area contributed by atoms with Crippen LogP contribution in [0.5, 0.6) is 0 Å². The van der Waals surface area contributed by atoms with E-state index < -0.39 is 6.10 Å². The van der Waals surface area contributed by atoms with Gasteiger partial charge in [-0.1, -0.05) is 29.8 Å². The first-order valence-corrected chi connectivity index (χ1v) is 5.68. The van der Waals surface area contributed by atoms with Crippen LogP contribution in [0.1, 0.15) is 24.1 Å². The Labute approximate surface area is 102 Å². The average Bonchev–Trinajstić information content (AvgIpc) is 2.31. The molecule has 0 aliphatic heterocycles. The Hall–Kier alpha value is -1.39. The molecule has 0 aromatic heterocycles. The summed E-state index contributed by atoms with van der Waals surface area (Å²) < 4.78 is 4.98. The zero-order valence-electron chi connectivity index (χ0n) is 10.6. The summed E-state index contributed by atoms with van der Waals surface area (Å²) in [5.74, 6) is -0.178. The molecule has 1 amide bonds. The fourth-order valence-corrected chi connectivity index (χ4v) is 1.56. The molecule has 0 fully saturated rings. The number of methoxy groups -OCH3 is 1. The van der Waals surface area contributed by atoms with E-state index >= 15 is 0 Å². The van der Waals surface area contributed by atoms with Crippen LogP contribution in [0.15, 0.2) is 24.3 Å². The summed E-state index contributed by atoms with van der Waals surface area (Å²) >= 11 is 0. The molecule has 1 aromatic carbocycles. The van der Waals surface area contributed by atoms with Gasteiger partial charge >= 0.3 is 0 Å². The van der Waals surface area contributed by atoms with E-state index in [0.717, 1.165) is 5.56 Å². The van der Waals surface area contributed by atoms with E-state index in [-0.39, 0.29) is 18.5 Å². The van der Waals surface area contributed by atoms with Crippen molar-refractivity contribution in [3.05, 3.63) is 35.4 Å². The Morgan fingerprint density at radius 2 is 2.00 bits per heavy atom. The molecule has 0 radical (unpaired) electrons. The third-order valence-electron chi connectivity index (χ3n) is 2.73. The number of carbonyl (C=O) groups is 1. The van der Waals surface area contributed by atoms with Gasteiger partial charge < -0.3 is 15.8 Å². The molecule has 94 valence electrons. The standard InChI is InChI=1S/C13H20N2O2/c1-9-4-6-11(7-5-9)10(2)15-13(16)12(8-14)17-3/h4-7,10,12H,8,14H2,1-3H3,(H,15,16)/t10-,12?/m1/s1. The SMILES string of the molecule is COC(CN)C(=O)N[C@H](C)c1ccc(C)cc1. The minimum absolute atomic E-state index is 0.0488. The average molecular weight is 236 g/mol. The Bertz CT molecular complexity index is 358. The topological polar surface area (TPSA) is 64.3 Å². The van der Waals surface area contributed by atoms with E-state index in [1.807, 2.05) is 38.1 Å². The number of nitrogens with one attached hydrogen (secondary N) is 1. The van der Waals surface area contributed by atoms with Crippen LogP contribution in [0.25, 0.3) is 0 Å². The summed E-state index contributed by atoms with van der Waals surface area (Å²) in [6.07, 6.45) is -0.581. The predicted octanol–water partition coefficient (Wildman–Crippen LogP) is 1.15. The van der Waals surface area contributed by atoms with Crippen molar-refractivity contribution in [2.24, 2.45) is 5.73 Å². The summed E-state index contributed by atoms with van der Waals surface area (Å²) in [5, 5.41) is 2.87. The van der Waals surface area contributed by atoms with Crippen LogP contribution in [-0.4, -0.2) is 25.7 Å². The molecule has 0 aliphatic carbocycles. The Morgan fingerprint density at radius 1 is 1.41 bits per heavy atom. The van der Waals surface area contributed by atoms with Gasteiger partial charge in [0.25, 0.3) is 5.91 Å². The fourth-order valence-electron chi connectivity index (χ4n) is 1.56. The van der Waals surface area contributed by atoms with E-state index in [2.05, 4.69) is 5.32 Å². The monoisotopic (exact) mass is 236 g/mol. The lowest BCUT2D eigenvalue weighted by molar-refractivity contribution is -0.131. The molecule has 17 heavy (non-hydrogen) atoms. The summed E-state index contributed by atoms with van der Waals surface area (Å²) in [5.41, 5.74) is 7.70. The fraction of sp³-hybridized carbons (Fsp3) is 0.462. The minimum atomic E-state index is -0.581. The van der Waals surface area contributed by atoms with Crippen molar-refractivity contribution in [3.63, 3.8) is 0 Å². The normalized spacial score (nSPS) is 14.1. The Kier molecular flexibility index (Phi) is 5.12. The highest BCUT2D eigenvalue weighted by molar-refractivity contribution is 5.81. The maximum absolute atomic E-state index is 11.7. The number of aryl methyl sites for hydroxylation is 1. The first-order valence-electron chi connectivity index (χ1n) is 5.68. The number of hydrogen-bond donors (Lipinski definition) is 2. The maximum atomic E-state index is 11.7. The van der Waals surface area contributed by atoms with Gasteiger partial charge in [-0.05, 0) is 19.4 Å². The molecule has 1 rings (SSSR count). The van der Waals surface area contributed by atoms with Crippen LogP contribution in [0, 0.1) is 6.92 Å². The van der Waals surface area contributed by atoms with Crippen LogP contribution in [-0.2, 0) is 9.53 Å². The number of ether oxygens (including phenoxy) is 1. The second kappa shape index (κ2) is 6.37. The number of amides is 1. The van der Waals surface area contributed by atoms with E-state index in [1.54, 1.807) is 0 Å². The lowest BCUT2D eigenvalue weighted by Gasteiger charge is -2.18. The second-order valence-electron chi connectivity index (χ2n) is 4.10. The highest BCUT2D eigenvalue weighted by Gasteiger charge is 2.18. The van der Waals surface area contributed by atoms with Crippen LogP contribution in [0.2, 0.25) is 0 Å². The van der Waals surface area contributed by atoms with Crippen molar-refractivity contribution < 1.29 is 9.53 Å². The number of rotatable bonds is 5. The molecule has 0 spiro atoms. The summed E-state index contributed by atoms with van der Waals surface area (Å²) in [6.45, 7) is 4.15. The number of nitrogens with two attached hydrogens (primary N) is 1. The van der Waals surface area contributed by atoms with Crippen LogP contribution < -0.4 is 11.1 Å². The largest absolute Gasteiger partial charge is 0.370 e. The number of benzene rings is 1.